The van der Waals surface area contributed by atoms with Crippen molar-refractivity contribution >= 4 is 29.9 Å². The number of rotatable bonds is 5. The summed E-state index contributed by atoms with van der Waals surface area (Å²) in [6.45, 7) is 4.31. The lowest BCUT2D eigenvalue weighted by molar-refractivity contribution is 0.158. The fourth-order valence-electron chi connectivity index (χ4n) is 4.45. The van der Waals surface area contributed by atoms with Gasteiger partial charge in [0, 0.05) is 49.7 Å². The standard InChI is InChI=1S/C24H30F2N4.HI/c1-16(17-7-4-3-5-8-17)30-13-11-18(12-14-30)28-24(27-2)29-22-15-19(22)23-20(25)9-6-10-21(23)26;/h3-10,16,18-19,22H,11-15H2,1-2H3,(H2,27,28,29);1H. The highest BCUT2D eigenvalue weighted by Crippen LogP contribution is 2.43. The SMILES string of the molecule is CN=C(NC1CCN(C(C)c2ccccc2)CC1)NC1CC1c1c(F)cccc1F.I. The Balaban J connectivity index is 0.00000272. The smallest absolute Gasteiger partial charge is 0.191 e. The molecule has 0 amide bonds. The van der Waals surface area contributed by atoms with Gasteiger partial charge in [0.25, 0.3) is 0 Å². The molecular weight excluding hydrogens is 509 g/mol. The predicted octanol–water partition coefficient (Wildman–Crippen LogP) is 4.83. The van der Waals surface area contributed by atoms with E-state index in [9.17, 15) is 8.78 Å². The number of hydrogen-bond donors (Lipinski definition) is 2. The van der Waals surface area contributed by atoms with Gasteiger partial charge in [-0.25, -0.2) is 8.78 Å². The fraction of sp³-hybridized carbons (Fsp3) is 0.458. The summed E-state index contributed by atoms with van der Waals surface area (Å²) in [5, 5.41) is 6.84. The van der Waals surface area contributed by atoms with Gasteiger partial charge in [-0.3, -0.25) is 9.89 Å². The van der Waals surface area contributed by atoms with Gasteiger partial charge in [0.1, 0.15) is 11.6 Å². The van der Waals surface area contributed by atoms with Gasteiger partial charge in [0.15, 0.2) is 5.96 Å². The first-order valence-electron chi connectivity index (χ1n) is 10.8. The van der Waals surface area contributed by atoms with Crippen molar-refractivity contribution in [1.82, 2.24) is 15.5 Å². The van der Waals surface area contributed by atoms with Crippen molar-refractivity contribution in [3.05, 3.63) is 71.3 Å². The largest absolute Gasteiger partial charge is 0.354 e. The molecule has 4 rings (SSSR count). The second-order valence-electron chi connectivity index (χ2n) is 8.34. The van der Waals surface area contributed by atoms with E-state index in [0.29, 0.717) is 24.5 Å². The van der Waals surface area contributed by atoms with Crippen LogP contribution in [0.1, 0.15) is 49.3 Å². The van der Waals surface area contributed by atoms with Crippen LogP contribution in [0.2, 0.25) is 0 Å². The number of guanidine groups is 1. The van der Waals surface area contributed by atoms with Gasteiger partial charge in [-0.05, 0) is 43.9 Å². The van der Waals surface area contributed by atoms with Crippen LogP contribution in [0.25, 0.3) is 0 Å². The molecule has 31 heavy (non-hydrogen) atoms. The molecule has 0 bridgehead atoms. The average molecular weight is 540 g/mol. The van der Waals surface area contributed by atoms with Gasteiger partial charge in [-0.1, -0.05) is 36.4 Å². The van der Waals surface area contributed by atoms with Crippen molar-refractivity contribution in [3.63, 3.8) is 0 Å². The van der Waals surface area contributed by atoms with Gasteiger partial charge in [-0.15, -0.1) is 24.0 Å². The fourth-order valence-corrected chi connectivity index (χ4v) is 4.45. The molecule has 0 aromatic heterocycles. The van der Waals surface area contributed by atoms with Crippen LogP contribution in [0.5, 0.6) is 0 Å². The molecule has 3 unspecified atom stereocenters. The molecule has 0 radical (unpaired) electrons. The van der Waals surface area contributed by atoms with Gasteiger partial charge in [0.2, 0.25) is 0 Å². The summed E-state index contributed by atoms with van der Waals surface area (Å²) in [7, 11) is 1.74. The van der Waals surface area contributed by atoms with E-state index in [1.54, 1.807) is 7.05 Å². The third kappa shape index (κ3) is 5.74. The first-order valence-corrected chi connectivity index (χ1v) is 10.8. The van der Waals surface area contributed by atoms with Crippen LogP contribution < -0.4 is 10.6 Å². The summed E-state index contributed by atoms with van der Waals surface area (Å²) < 4.78 is 28.0. The molecule has 2 fully saturated rings. The van der Waals surface area contributed by atoms with Crippen LogP contribution >= 0.6 is 24.0 Å². The summed E-state index contributed by atoms with van der Waals surface area (Å²) in [5.41, 5.74) is 1.54. The number of halogens is 3. The number of aliphatic imine (C=N–C) groups is 1. The number of benzene rings is 2. The topological polar surface area (TPSA) is 39.7 Å². The van der Waals surface area contributed by atoms with E-state index in [4.69, 9.17) is 0 Å². The molecule has 1 aliphatic carbocycles. The van der Waals surface area contributed by atoms with Gasteiger partial charge in [0.05, 0.1) is 0 Å². The highest BCUT2D eigenvalue weighted by Gasteiger charge is 2.42. The Morgan fingerprint density at radius 2 is 1.65 bits per heavy atom. The number of nitrogens with one attached hydrogen (secondary N) is 2. The van der Waals surface area contributed by atoms with Crippen molar-refractivity contribution < 1.29 is 8.78 Å². The van der Waals surface area contributed by atoms with Crippen LogP contribution in [-0.2, 0) is 0 Å². The molecule has 168 valence electrons. The zero-order chi connectivity index (χ0) is 21.1. The zero-order valence-electron chi connectivity index (χ0n) is 18.0. The van der Waals surface area contributed by atoms with E-state index >= 15 is 0 Å². The highest BCUT2D eigenvalue weighted by molar-refractivity contribution is 14.0. The minimum absolute atomic E-state index is 0. The number of nitrogens with zero attached hydrogens (tertiary/aromatic N) is 2. The van der Waals surface area contributed by atoms with E-state index in [-0.39, 0.29) is 41.5 Å². The predicted molar refractivity (Wildman–Crippen MR) is 132 cm³/mol. The second-order valence-corrected chi connectivity index (χ2v) is 8.34. The van der Waals surface area contributed by atoms with Crippen molar-refractivity contribution in [2.24, 2.45) is 4.99 Å². The first kappa shape index (κ1) is 23.9. The Labute approximate surface area is 200 Å². The second kappa shape index (κ2) is 10.7. The average Bonchev–Trinajstić information content (AvgIpc) is 3.52. The molecule has 1 aliphatic heterocycles. The Morgan fingerprint density at radius 3 is 2.26 bits per heavy atom. The van der Waals surface area contributed by atoms with E-state index in [1.807, 2.05) is 0 Å². The maximum absolute atomic E-state index is 14.0. The summed E-state index contributed by atoms with van der Waals surface area (Å²) in [6, 6.07) is 15.4. The highest BCUT2D eigenvalue weighted by atomic mass is 127. The molecular formula is C24H31F2IN4. The van der Waals surface area contributed by atoms with Crippen LogP contribution in [-0.4, -0.2) is 43.1 Å². The van der Waals surface area contributed by atoms with Crippen LogP contribution in [0.15, 0.2) is 53.5 Å². The monoisotopic (exact) mass is 540 g/mol. The summed E-state index contributed by atoms with van der Waals surface area (Å²) >= 11 is 0. The van der Waals surface area contributed by atoms with Crippen molar-refractivity contribution in [1.29, 1.82) is 0 Å². The van der Waals surface area contributed by atoms with Crippen molar-refractivity contribution in [3.8, 4) is 0 Å². The third-order valence-electron chi connectivity index (χ3n) is 6.41. The molecule has 2 N–H and O–H groups in total. The Kier molecular flexibility index (Phi) is 8.27. The van der Waals surface area contributed by atoms with Crippen LogP contribution in [0.3, 0.4) is 0 Å². The molecule has 1 heterocycles. The maximum atomic E-state index is 14.0. The minimum atomic E-state index is -0.466. The number of hydrogen-bond acceptors (Lipinski definition) is 2. The van der Waals surface area contributed by atoms with E-state index in [0.717, 1.165) is 25.9 Å². The van der Waals surface area contributed by atoms with Crippen LogP contribution in [0.4, 0.5) is 8.78 Å². The van der Waals surface area contributed by atoms with Crippen molar-refractivity contribution in [2.45, 2.75) is 50.2 Å². The normalized spacial score (nSPS) is 23.0. The molecule has 7 heteroatoms. The first-order chi connectivity index (χ1) is 14.6. The quantitative estimate of drug-likeness (QED) is 0.325. The lowest BCUT2D eigenvalue weighted by atomic mass is 10.0. The summed E-state index contributed by atoms with van der Waals surface area (Å²) in [5.74, 6) is -0.355. The zero-order valence-corrected chi connectivity index (χ0v) is 20.4. The molecule has 4 nitrogen and oxygen atoms in total. The van der Waals surface area contributed by atoms with Crippen LogP contribution in [0, 0.1) is 11.6 Å². The molecule has 2 aromatic rings. The molecule has 1 saturated carbocycles. The molecule has 0 spiro atoms. The van der Waals surface area contributed by atoms with Gasteiger partial charge < -0.3 is 10.6 Å². The Bertz CT molecular complexity index is 864. The van der Waals surface area contributed by atoms with Crippen molar-refractivity contribution in [2.75, 3.05) is 20.1 Å². The molecule has 3 atom stereocenters. The lowest BCUT2D eigenvalue weighted by Crippen LogP contribution is -2.49. The molecule has 2 aliphatic rings. The maximum Gasteiger partial charge on any atom is 0.191 e. The Hall–Kier alpha value is -1.74. The Morgan fingerprint density at radius 1 is 1.00 bits per heavy atom. The van der Waals surface area contributed by atoms with E-state index in [2.05, 4.69) is 57.8 Å². The summed E-state index contributed by atoms with van der Waals surface area (Å²) in [6.07, 6.45) is 2.79. The minimum Gasteiger partial charge on any atom is -0.354 e. The number of piperidine rings is 1. The number of likely N-dealkylation sites (tertiary alicyclic amines) is 1. The van der Waals surface area contributed by atoms with Gasteiger partial charge in [-0.2, -0.15) is 0 Å². The third-order valence-corrected chi connectivity index (χ3v) is 6.41. The summed E-state index contributed by atoms with van der Waals surface area (Å²) in [4.78, 5) is 6.85. The van der Waals surface area contributed by atoms with E-state index in [1.165, 1.54) is 23.8 Å². The lowest BCUT2D eigenvalue weighted by Gasteiger charge is -2.37. The molecule has 2 aromatic carbocycles. The molecule has 1 saturated heterocycles. The van der Waals surface area contributed by atoms with Gasteiger partial charge >= 0.3 is 0 Å². The van der Waals surface area contributed by atoms with E-state index < -0.39 is 11.6 Å².